The average molecular weight is 380 g/mol. The van der Waals surface area contributed by atoms with Crippen LogP contribution in [0.5, 0.6) is 5.75 Å². The van der Waals surface area contributed by atoms with Crippen molar-refractivity contribution in [2.75, 3.05) is 12.4 Å². The molecule has 0 aliphatic heterocycles. The van der Waals surface area contributed by atoms with Gasteiger partial charge < -0.3 is 9.47 Å². The monoisotopic (exact) mass is 379 g/mol. The highest BCUT2D eigenvalue weighted by Crippen LogP contribution is 2.36. The van der Waals surface area contributed by atoms with Gasteiger partial charge in [-0.25, -0.2) is 4.98 Å². The second-order valence-electron chi connectivity index (χ2n) is 6.02. The summed E-state index contributed by atoms with van der Waals surface area (Å²) in [6.07, 6.45) is 3.48. The minimum absolute atomic E-state index is 0.0975. The van der Waals surface area contributed by atoms with Crippen LogP contribution in [0.3, 0.4) is 0 Å². The smallest absolute Gasteiger partial charge is 0.129 e. The SMILES string of the molecule is C=C(OCC)c1ccc(OC2CC(S(=O)CC)C2)c2cnc(Cl)cc12. The third-order valence-corrected chi connectivity index (χ3v) is 6.35. The third kappa shape index (κ3) is 3.82. The second kappa shape index (κ2) is 7.75. The highest BCUT2D eigenvalue weighted by atomic mass is 35.5. The Bertz CT molecular complexity index is 818. The summed E-state index contributed by atoms with van der Waals surface area (Å²) < 4.78 is 23.5. The molecule has 1 aromatic carbocycles. The van der Waals surface area contributed by atoms with Crippen LogP contribution in [-0.4, -0.2) is 32.9 Å². The molecule has 3 rings (SSSR count). The van der Waals surface area contributed by atoms with Crippen molar-refractivity contribution in [2.24, 2.45) is 0 Å². The first-order chi connectivity index (χ1) is 12.0. The van der Waals surface area contributed by atoms with Gasteiger partial charge in [-0.2, -0.15) is 0 Å². The van der Waals surface area contributed by atoms with E-state index in [1.54, 1.807) is 12.3 Å². The van der Waals surface area contributed by atoms with Gasteiger partial charge in [-0.1, -0.05) is 25.1 Å². The molecule has 1 aromatic heterocycles. The summed E-state index contributed by atoms with van der Waals surface area (Å²) in [4.78, 5) is 4.19. The Kier molecular flexibility index (Phi) is 5.64. The quantitative estimate of drug-likeness (QED) is 0.522. The van der Waals surface area contributed by atoms with Gasteiger partial charge in [0.25, 0.3) is 0 Å². The normalized spacial score (nSPS) is 20.8. The Morgan fingerprint density at radius 1 is 1.36 bits per heavy atom. The number of benzene rings is 1. The standard InChI is InChI=1S/C19H22ClNO3S/c1-4-23-12(3)15-6-7-18(17-11-21-19(20)10-16(15)17)24-13-8-14(9-13)25(22)5-2/h6-7,10-11,13-14H,3-5,8-9H2,1-2H3. The summed E-state index contributed by atoms with van der Waals surface area (Å²) in [6, 6.07) is 5.66. The van der Waals surface area contributed by atoms with Crippen LogP contribution in [0.1, 0.15) is 32.3 Å². The van der Waals surface area contributed by atoms with Gasteiger partial charge in [-0.05, 0) is 38.0 Å². The van der Waals surface area contributed by atoms with Crippen molar-refractivity contribution in [3.8, 4) is 5.75 Å². The van der Waals surface area contributed by atoms with E-state index in [1.807, 2.05) is 26.0 Å². The van der Waals surface area contributed by atoms with Crippen molar-refractivity contribution in [1.82, 2.24) is 4.98 Å². The lowest BCUT2D eigenvalue weighted by molar-refractivity contribution is 0.126. The van der Waals surface area contributed by atoms with Gasteiger partial charge in [-0.3, -0.25) is 4.21 Å². The highest BCUT2D eigenvalue weighted by Gasteiger charge is 2.34. The largest absolute Gasteiger partial charge is 0.494 e. The molecular formula is C19H22ClNO3S. The summed E-state index contributed by atoms with van der Waals surface area (Å²) in [6.45, 7) is 8.42. The van der Waals surface area contributed by atoms with Crippen LogP contribution in [0.15, 0.2) is 31.0 Å². The molecule has 1 atom stereocenters. The number of rotatable bonds is 7. The van der Waals surface area contributed by atoms with Gasteiger partial charge in [0, 0.05) is 44.3 Å². The molecule has 25 heavy (non-hydrogen) atoms. The molecule has 0 amide bonds. The lowest BCUT2D eigenvalue weighted by Crippen LogP contribution is -2.40. The van der Waals surface area contributed by atoms with Gasteiger partial charge in [0.05, 0.1) is 6.61 Å². The van der Waals surface area contributed by atoms with E-state index in [0.717, 1.165) is 34.9 Å². The molecule has 0 radical (unpaired) electrons. The molecule has 134 valence electrons. The fourth-order valence-corrected chi connectivity index (χ4v) is 4.52. The van der Waals surface area contributed by atoms with Crippen LogP contribution in [-0.2, 0) is 15.5 Å². The number of pyridine rings is 1. The van der Waals surface area contributed by atoms with Crippen molar-refractivity contribution in [1.29, 1.82) is 0 Å². The molecule has 4 nitrogen and oxygen atoms in total. The molecule has 6 heteroatoms. The van der Waals surface area contributed by atoms with E-state index in [9.17, 15) is 4.21 Å². The molecule has 0 bridgehead atoms. The molecule has 1 aliphatic rings. The molecule has 0 N–H and O–H groups in total. The lowest BCUT2D eigenvalue weighted by atomic mass is 9.95. The fraction of sp³-hybridized carbons (Fsp3) is 0.421. The molecule has 1 fully saturated rings. The summed E-state index contributed by atoms with van der Waals surface area (Å²) in [5.74, 6) is 2.07. The van der Waals surface area contributed by atoms with Gasteiger partial charge in [0.2, 0.25) is 0 Å². The average Bonchev–Trinajstić information content (AvgIpc) is 2.56. The number of fused-ring (bicyclic) bond motifs is 1. The summed E-state index contributed by atoms with van der Waals surface area (Å²) in [7, 11) is -0.744. The Hall–Kier alpha value is -1.59. The summed E-state index contributed by atoms with van der Waals surface area (Å²) in [5.41, 5.74) is 0.882. The van der Waals surface area contributed by atoms with E-state index < -0.39 is 10.8 Å². The number of halogens is 1. The zero-order chi connectivity index (χ0) is 18.0. The van der Waals surface area contributed by atoms with Crippen LogP contribution in [0.25, 0.3) is 16.5 Å². The Labute approximate surface area is 155 Å². The first-order valence-corrected chi connectivity index (χ1v) is 10.2. The minimum Gasteiger partial charge on any atom is -0.494 e. The highest BCUT2D eigenvalue weighted by molar-refractivity contribution is 7.85. The molecular weight excluding hydrogens is 358 g/mol. The van der Waals surface area contributed by atoms with Crippen LogP contribution in [0.4, 0.5) is 0 Å². The van der Waals surface area contributed by atoms with Crippen molar-refractivity contribution < 1.29 is 13.7 Å². The predicted molar refractivity (Wildman–Crippen MR) is 104 cm³/mol. The van der Waals surface area contributed by atoms with Crippen LogP contribution < -0.4 is 4.74 Å². The van der Waals surface area contributed by atoms with Crippen molar-refractivity contribution >= 4 is 38.9 Å². The van der Waals surface area contributed by atoms with E-state index in [0.29, 0.717) is 23.3 Å². The zero-order valence-electron chi connectivity index (χ0n) is 14.5. The van der Waals surface area contributed by atoms with Crippen molar-refractivity contribution in [2.45, 2.75) is 38.0 Å². The Morgan fingerprint density at radius 3 is 2.80 bits per heavy atom. The van der Waals surface area contributed by atoms with Gasteiger partial charge in [-0.15, -0.1) is 0 Å². The van der Waals surface area contributed by atoms with Gasteiger partial charge in [0.15, 0.2) is 0 Å². The van der Waals surface area contributed by atoms with Crippen LogP contribution in [0.2, 0.25) is 5.15 Å². The van der Waals surface area contributed by atoms with Gasteiger partial charge >= 0.3 is 0 Å². The molecule has 1 heterocycles. The first kappa shape index (κ1) is 18.2. The molecule has 0 saturated heterocycles. The Morgan fingerprint density at radius 2 is 2.12 bits per heavy atom. The van der Waals surface area contributed by atoms with Crippen molar-refractivity contribution in [3.63, 3.8) is 0 Å². The summed E-state index contributed by atoms with van der Waals surface area (Å²) in [5, 5.41) is 2.45. The summed E-state index contributed by atoms with van der Waals surface area (Å²) >= 11 is 6.08. The number of aromatic nitrogens is 1. The third-order valence-electron chi connectivity index (χ3n) is 4.45. The molecule has 1 aliphatic carbocycles. The maximum atomic E-state index is 11.8. The number of hydrogen-bond acceptors (Lipinski definition) is 4. The van der Waals surface area contributed by atoms with Gasteiger partial charge in [0.1, 0.15) is 22.8 Å². The molecule has 1 unspecified atom stereocenters. The van der Waals surface area contributed by atoms with Crippen molar-refractivity contribution in [3.05, 3.63) is 41.7 Å². The minimum atomic E-state index is -0.744. The second-order valence-corrected chi connectivity index (χ2v) is 8.42. The van der Waals surface area contributed by atoms with Crippen LogP contribution in [0, 0.1) is 0 Å². The van der Waals surface area contributed by atoms with E-state index in [-0.39, 0.29) is 11.4 Å². The van der Waals surface area contributed by atoms with Crippen LogP contribution >= 0.6 is 11.6 Å². The van der Waals surface area contributed by atoms with E-state index in [1.165, 1.54) is 0 Å². The predicted octanol–water partition coefficient (Wildman–Crippen LogP) is 4.57. The lowest BCUT2D eigenvalue weighted by Gasteiger charge is -2.34. The Balaban J connectivity index is 1.86. The van der Waals surface area contributed by atoms with E-state index >= 15 is 0 Å². The fourth-order valence-electron chi connectivity index (χ4n) is 3.03. The molecule has 1 saturated carbocycles. The number of hydrogen-bond donors (Lipinski definition) is 0. The molecule has 0 spiro atoms. The maximum Gasteiger partial charge on any atom is 0.129 e. The number of nitrogens with zero attached hydrogens (tertiary/aromatic N) is 1. The maximum absolute atomic E-state index is 11.8. The van der Waals surface area contributed by atoms with E-state index in [2.05, 4.69) is 11.6 Å². The first-order valence-electron chi connectivity index (χ1n) is 8.47. The van der Waals surface area contributed by atoms with E-state index in [4.69, 9.17) is 21.1 Å². The zero-order valence-corrected chi connectivity index (χ0v) is 16.0. The topological polar surface area (TPSA) is 48.4 Å². The molecule has 2 aromatic rings. The number of ether oxygens (including phenoxy) is 2.